The van der Waals surface area contributed by atoms with E-state index in [0.717, 1.165) is 3.70 Å². The molecule has 0 aliphatic heterocycles. The van der Waals surface area contributed by atoms with Gasteiger partial charge in [-0.3, -0.25) is 0 Å². The molecule has 1 aromatic rings. The second kappa shape index (κ2) is 3.34. The predicted molar refractivity (Wildman–Crippen MR) is 49.3 cm³/mol. The molecule has 0 bridgehead atoms. The highest BCUT2D eigenvalue weighted by Gasteiger charge is 1.99. The summed E-state index contributed by atoms with van der Waals surface area (Å²) in [5.41, 5.74) is 0. The molecule has 0 radical (unpaired) electrons. The summed E-state index contributed by atoms with van der Waals surface area (Å²) in [5, 5.41) is 3.23. The Labute approximate surface area is 77.4 Å². The van der Waals surface area contributed by atoms with Gasteiger partial charge in [-0.15, -0.1) is 0 Å². The number of rotatable bonds is 1. The largest absolute Gasteiger partial charge is 0.371 e. The number of halogens is 2. The van der Waals surface area contributed by atoms with Crippen LogP contribution in [0, 0.1) is 3.70 Å². The Morgan fingerprint density at radius 2 is 2.40 bits per heavy atom. The number of anilines is 1. The van der Waals surface area contributed by atoms with Gasteiger partial charge in [0.15, 0.2) is 11.0 Å². The first-order chi connectivity index (χ1) is 4.74. The molecule has 0 spiro atoms. The normalized spacial score (nSPS) is 9.50. The highest BCUT2D eigenvalue weighted by molar-refractivity contribution is 14.1. The zero-order chi connectivity index (χ0) is 7.56. The van der Waals surface area contributed by atoms with Crippen molar-refractivity contribution in [3.05, 3.63) is 15.1 Å². The van der Waals surface area contributed by atoms with Gasteiger partial charge in [0.1, 0.15) is 3.70 Å². The van der Waals surface area contributed by atoms with Crippen LogP contribution in [0.2, 0.25) is 5.15 Å². The quantitative estimate of drug-likeness (QED) is 0.790. The summed E-state index contributed by atoms with van der Waals surface area (Å²) in [6.45, 7) is 0. The lowest BCUT2D eigenvalue weighted by atomic mass is 10.7. The first-order valence-corrected chi connectivity index (χ1v) is 4.05. The molecule has 0 aromatic carbocycles. The van der Waals surface area contributed by atoms with Gasteiger partial charge in [0.25, 0.3) is 0 Å². The minimum atomic E-state index is 0.411. The minimum Gasteiger partial charge on any atom is -0.371 e. The number of hydrogen-bond acceptors (Lipinski definition) is 3. The van der Waals surface area contributed by atoms with Crippen molar-refractivity contribution in [3.8, 4) is 0 Å². The molecular weight excluding hydrogens is 264 g/mol. The van der Waals surface area contributed by atoms with E-state index in [1.54, 1.807) is 13.2 Å². The highest BCUT2D eigenvalue weighted by atomic mass is 127. The monoisotopic (exact) mass is 269 g/mol. The van der Waals surface area contributed by atoms with E-state index in [1.165, 1.54) is 0 Å². The summed E-state index contributed by atoms with van der Waals surface area (Å²) in [6.07, 6.45) is 1.65. The number of aromatic nitrogens is 2. The Morgan fingerprint density at radius 1 is 1.70 bits per heavy atom. The molecule has 10 heavy (non-hydrogen) atoms. The zero-order valence-corrected chi connectivity index (χ0v) is 8.14. The fraction of sp³-hybridized carbons (Fsp3) is 0.200. The van der Waals surface area contributed by atoms with E-state index < -0.39 is 0 Å². The molecular formula is C5H5ClIN3. The maximum atomic E-state index is 5.69. The lowest BCUT2D eigenvalue weighted by molar-refractivity contribution is 1.15. The van der Waals surface area contributed by atoms with Crippen LogP contribution in [0.25, 0.3) is 0 Å². The lowest BCUT2D eigenvalue weighted by Gasteiger charge is -1.99. The van der Waals surface area contributed by atoms with Crippen LogP contribution in [-0.4, -0.2) is 17.0 Å². The average molecular weight is 269 g/mol. The third-order valence-corrected chi connectivity index (χ3v) is 1.72. The fourth-order valence-electron chi connectivity index (χ4n) is 0.514. The van der Waals surface area contributed by atoms with Crippen molar-refractivity contribution in [2.45, 2.75) is 0 Å². The molecule has 3 nitrogen and oxygen atoms in total. The van der Waals surface area contributed by atoms with Gasteiger partial charge < -0.3 is 5.32 Å². The molecule has 1 rings (SSSR count). The Hall–Kier alpha value is -0.100. The maximum absolute atomic E-state index is 5.69. The van der Waals surface area contributed by atoms with Crippen LogP contribution in [0.4, 0.5) is 5.82 Å². The van der Waals surface area contributed by atoms with Gasteiger partial charge in [0, 0.05) is 7.05 Å². The van der Waals surface area contributed by atoms with Crippen molar-refractivity contribution in [1.82, 2.24) is 9.97 Å². The van der Waals surface area contributed by atoms with Gasteiger partial charge in [0.2, 0.25) is 0 Å². The van der Waals surface area contributed by atoms with Crippen molar-refractivity contribution < 1.29 is 0 Å². The molecule has 0 atom stereocenters. The van der Waals surface area contributed by atoms with Crippen LogP contribution < -0.4 is 5.32 Å². The van der Waals surface area contributed by atoms with Crippen LogP contribution in [0.5, 0.6) is 0 Å². The summed E-state index contributed by atoms with van der Waals surface area (Å²) >= 11 is 7.74. The number of hydrogen-bond donors (Lipinski definition) is 1. The van der Waals surface area contributed by atoms with Crippen LogP contribution >= 0.6 is 34.2 Å². The van der Waals surface area contributed by atoms with E-state index in [-0.39, 0.29) is 0 Å². The summed E-state index contributed by atoms with van der Waals surface area (Å²) in [5.74, 6) is 0.613. The molecule has 0 fully saturated rings. The molecule has 0 aliphatic rings. The van der Waals surface area contributed by atoms with Crippen LogP contribution in [-0.2, 0) is 0 Å². The molecule has 0 aliphatic carbocycles. The molecule has 1 aromatic heterocycles. The Bertz CT molecular complexity index is 240. The fourth-order valence-corrected chi connectivity index (χ4v) is 1.27. The van der Waals surface area contributed by atoms with Gasteiger partial charge in [-0.25, -0.2) is 9.97 Å². The van der Waals surface area contributed by atoms with Crippen LogP contribution in [0.15, 0.2) is 6.20 Å². The number of nitrogens with zero attached hydrogens (tertiary/aromatic N) is 2. The van der Waals surface area contributed by atoms with Crippen molar-refractivity contribution >= 4 is 40.0 Å². The molecule has 0 saturated carbocycles. The maximum Gasteiger partial charge on any atom is 0.172 e. The summed E-state index contributed by atoms with van der Waals surface area (Å²) in [6, 6.07) is 0. The predicted octanol–water partition coefficient (Wildman–Crippen LogP) is 1.78. The minimum absolute atomic E-state index is 0.411. The first kappa shape index (κ1) is 8.00. The van der Waals surface area contributed by atoms with Gasteiger partial charge in [-0.2, -0.15) is 0 Å². The van der Waals surface area contributed by atoms with E-state index in [4.69, 9.17) is 11.6 Å². The third-order valence-electron chi connectivity index (χ3n) is 0.937. The molecule has 0 saturated heterocycles. The van der Waals surface area contributed by atoms with Gasteiger partial charge >= 0.3 is 0 Å². The standard InChI is InChI=1S/C5H5ClIN3/c1-8-5-4(6)10-3(7)2-9-5/h2H,1H3,(H,8,9). The highest BCUT2D eigenvalue weighted by Crippen LogP contribution is 2.15. The smallest absolute Gasteiger partial charge is 0.172 e. The lowest BCUT2D eigenvalue weighted by Crippen LogP contribution is -1.95. The van der Waals surface area contributed by atoms with Crippen LogP contribution in [0.3, 0.4) is 0 Å². The van der Waals surface area contributed by atoms with Crippen molar-refractivity contribution in [2.24, 2.45) is 0 Å². The van der Waals surface area contributed by atoms with E-state index >= 15 is 0 Å². The van der Waals surface area contributed by atoms with Crippen molar-refractivity contribution in [3.63, 3.8) is 0 Å². The Kier molecular flexibility index (Phi) is 2.67. The molecule has 1 N–H and O–H groups in total. The number of nitrogens with one attached hydrogen (secondary N) is 1. The summed E-state index contributed by atoms with van der Waals surface area (Å²) < 4.78 is 0.793. The summed E-state index contributed by atoms with van der Waals surface area (Å²) in [7, 11) is 1.75. The van der Waals surface area contributed by atoms with Crippen molar-refractivity contribution in [2.75, 3.05) is 12.4 Å². The molecule has 1 heterocycles. The van der Waals surface area contributed by atoms with Crippen molar-refractivity contribution in [1.29, 1.82) is 0 Å². The first-order valence-electron chi connectivity index (χ1n) is 2.60. The second-order valence-corrected chi connectivity index (χ2v) is 3.05. The van der Waals surface area contributed by atoms with E-state index in [2.05, 4.69) is 37.9 Å². The van der Waals surface area contributed by atoms with Gasteiger partial charge in [-0.05, 0) is 22.6 Å². The van der Waals surface area contributed by atoms with Gasteiger partial charge in [0.05, 0.1) is 6.20 Å². The SMILES string of the molecule is CNc1ncc(I)nc1Cl. The van der Waals surface area contributed by atoms with E-state index in [9.17, 15) is 0 Å². The molecule has 0 unspecified atom stereocenters. The molecule has 0 amide bonds. The Morgan fingerprint density at radius 3 is 2.90 bits per heavy atom. The topological polar surface area (TPSA) is 37.8 Å². The summed E-state index contributed by atoms with van der Waals surface area (Å²) in [4.78, 5) is 7.95. The Balaban J connectivity index is 3.07. The van der Waals surface area contributed by atoms with Crippen LogP contribution in [0.1, 0.15) is 0 Å². The molecule has 5 heteroatoms. The zero-order valence-electron chi connectivity index (χ0n) is 5.23. The van der Waals surface area contributed by atoms with Gasteiger partial charge in [-0.1, -0.05) is 11.6 Å². The van der Waals surface area contributed by atoms with E-state index in [1.807, 2.05) is 0 Å². The molecule has 54 valence electrons. The third kappa shape index (κ3) is 1.69. The average Bonchev–Trinajstić information content (AvgIpc) is 1.88. The second-order valence-electron chi connectivity index (χ2n) is 1.58. The van der Waals surface area contributed by atoms with E-state index in [0.29, 0.717) is 11.0 Å².